The van der Waals surface area contributed by atoms with Gasteiger partial charge in [0, 0.05) is 45.2 Å². The number of aromatic nitrogens is 3. The Bertz CT molecular complexity index is 1540. The first kappa shape index (κ1) is 30.6. The SMILES string of the molecule is CN(Cc1cn(C)c2nc(N)[nH]c(=O)c12)c1ccc(C(=O)N[C@@H](CCC(=O)N[C@@H](CCC(=O)O)C(=O)O)C(=O)O)s1. The van der Waals surface area contributed by atoms with E-state index in [2.05, 4.69) is 20.6 Å². The van der Waals surface area contributed by atoms with Crippen LogP contribution in [0.2, 0.25) is 0 Å². The van der Waals surface area contributed by atoms with E-state index >= 15 is 0 Å². The predicted octanol–water partition coefficient (Wildman–Crippen LogP) is -0.0609. The van der Waals surface area contributed by atoms with Crippen LogP contribution < -0.4 is 26.8 Å². The lowest BCUT2D eigenvalue weighted by molar-refractivity contribution is -0.143. The highest BCUT2D eigenvalue weighted by atomic mass is 32.1. The molecule has 0 saturated heterocycles. The van der Waals surface area contributed by atoms with Crippen molar-refractivity contribution in [1.29, 1.82) is 0 Å². The molecule has 3 rings (SSSR count). The lowest BCUT2D eigenvalue weighted by atomic mass is 10.1. The van der Waals surface area contributed by atoms with Gasteiger partial charge in [-0.1, -0.05) is 0 Å². The van der Waals surface area contributed by atoms with E-state index in [-0.39, 0.29) is 29.2 Å². The second-order valence-corrected chi connectivity index (χ2v) is 10.3. The standard InChI is InChI=1S/C24H29N7O9S/c1-30(9-11-10-31(2)19-18(11)21(36)29-24(25)28-19)16-7-5-14(41-16)20(35)27-13(23(39)40)3-6-15(32)26-12(22(37)38)4-8-17(33)34/h5,7,10,12-13H,3-4,6,8-9H2,1-2H3,(H,26,32)(H,27,35)(H,33,34)(H,37,38)(H,39,40)(H3,25,28,29,36)/t12-,13-/m0/s1. The molecule has 0 unspecified atom stereocenters. The summed E-state index contributed by atoms with van der Waals surface area (Å²) < 4.78 is 1.68. The highest BCUT2D eigenvalue weighted by Crippen LogP contribution is 2.28. The number of nitrogen functional groups attached to an aromatic ring is 1. The highest BCUT2D eigenvalue weighted by Gasteiger charge is 2.25. The Hall–Kier alpha value is -4.93. The van der Waals surface area contributed by atoms with Gasteiger partial charge in [0.15, 0.2) is 0 Å². The Balaban J connectivity index is 1.62. The number of carbonyl (C=O) groups is 5. The lowest BCUT2D eigenvalue weighted by Crippen LogP contribution is -2.44. The minimum Gasteiger partial charge on any atom is -0.481 e. The van der Waals surface area contributed by atoms with Crippen LogP contribution in [-0.2, 0) is 32.8 Å². The molecule has 0 bridgehead atoms. The third-order valence-electron chi connectivity index (χ3n) is 6.07. The van der Waals surface area contributed by atoms with E-state index in [1.807, 2.05) is 0 Å². The van der Waals surface area contributed by atoms with Gasteiger partial charge in [0.05, 0.1) is 15.3 Å². The fraction of sp³-hybridized carbons (Fsp3) is 0.375. The molecule has 220 valence electrons. The van der Waals surface area contributed by atoms with Crippen molar-refractivity contribution in [2.45, 2.75) is 44.3 Å². The average molecular weight is 592 g/mol. The van der Waals surface area contributed by atoms with Crippen molar-refractivity contribution >= 4 is 63.0 Å². The Morgan fingerprint density at radius 2 is 1.71 bits per heavy atom. The number of H-pyrrole nitrogens is 1. The number of fused-ring (bicyclic) bond motifs is 1. The van der Waals surface area contributed by atoms with E-state index in [1.54, 1.807) is 35.8 Å². The maximum absolute atomic E-state index is 12.8. The smallest absolute Gasteiger partial charge is 0.326 e. The molecular formula is C24H29N7O9S. The molecule has 16 nitrogen and oxygen atoms in total. The summed E-state index contributed by atoms with van der Waals surface area (Å²) in [6.07, 6.45) is 0.187. The zero-order valence-corrected chi connectivity index (χ0v) is 22.9. The first-order valence-corrected chi connectivity index (χ1v) is 13.0. The molecular weight excluding hydrogens is 562 g/mol. The van der Waals surface area contributed by atoms with E-state index in [9.17, 15) is 33.9 Å². The Morgan fingerprint density at radius 3 is 2.34 bits per heavy atom. The number of aliphatic carboxylic acids is 3. The van der Waals surface area contributed by atoms with Gasteiger partial charge in [0.2, 0.25) is 11.9 Å². The number of aryl methyl sites for hydroxylation is 1. The lowest BCUT2D eigenvalue weighted by Gasteiger charge is -2.17. The van der Waals surface area contributed by atoms with Gasteiger partial charge in [-0.15, -0.1) is 11.3 Å². The summed E-state index contributed by atoms with van der Waals surface area (Å²) in [5.74, 6) is -5.53. The number of hydrogen-bond acceptors (Lipinski definition) is 10. The molecule has 0 fully saturated rings. The number of anilines is 2. The molecule has 0 spiro atoms. The van der Waals surface area contributed by atoms with Gasteiger partial charge in [0.25, 0.3) is 11.5 Å². The van der Waals surface area contributed by atoms with Gasteiger partial charge in [-0.25, -0.2) is 9.59 Å². The number of hydrogen-bond donors (Lipinski definition) is 7. The molecule has 8 N–H and O–H groups in total. The van der Waals surface area contributed by atoms with E-state index in [0.29, 0.717) is 28.1 Å². The van der Waals surface area contributed by atoms with Crippen LogP contribution in [0.15, 0.2) is 23.1 Å². The van der Waals surface area contributed by atoms with Crippen molar-refractivity contribution < 1.29 is 39.3 Å². The number of nitrogens with one attached hydrogen (secondary N) is 3. The maximum atomic E-state index is 12.8. The average Bonchev–Trinajstić information content (AvgIpc) is 3.49. The summed E-state index contributed by atoms with van der Waals surface area (Å²) in [5.41, 5.74) is 6.36. The quantitative estimate of drug-likeness (QED) is 0.130. The van der Waals surface area contributed by atoms with E-state index in [4.69, 9.17) is 15.9 Å². The number of nitrogens with two attached hydrogens (primary N) is 1. The van der Waals surface area contributed by atoms with E-state index in [1.165, 1.54) is 6.07 Å². The van der Waals surface area contributed by atoms with Crippen LogP contribution in [0.4, 0.5) is 10.9 Å². The van der Waals surface area contributed by atoms with Gasteiger partial charge in [-0.05, 0) is 25.0 Å². The predicted molar refractivity (Wildman–Crippen MR) is 147 cm³/mol. The van der Waals surface area contributed by atoms with Crippen LogP contribution in [0.3, 0.4) is 0 Å². The summed E-state index contributed by atoms with van der Waals surface area (Å²) in [6, 6.07) is 0.286. The molecule has 3 aromatic heterocycles. The molecule has 0 radical (unpaired) electrons. The number of nitrogens with zero attached hydrogens (tertiary/aromatic N) is 3. The maximum Gasteiger partial charge on any atom is 0.326 e. The van der Waals surface area contributed by atoms with Crippen LogP contribution >= 0.6 is 11.3 Å². The number of carboxylic acid groups (broad SMARTS) is 3. The first-order chi connectivity index (χ1) is 19.3. The zero-order chi connectivity index (χ0) is 30.4. The Morgan fingerprint density at radius 1 is 1.07 bits per heavy atom. The topological polar surface area (TPSA) is 250 Å². The molecule has 0 aliphatic carbocycles. The molecule has 3 aromatic rings. The largest absolute Gasteiger partial charge is 0.481 e. The minimum absolute atomic E-state index is 0.00185. The van der Waals surface area contributed by atoms with Gasteiger partial charge in [-0.3, -0.25) is 24.2 Å². The fourth-order valence-corrected chi connectivity index (χ4v) is 4.91. The third kappa shape index (κ3) is 7.81. The van der Waals surface area contributed by atoms with Crippen molar-refractivity contribution in [3.8, 4) is 0 Å². The number of carboxylic acids is 3. The molecule has 0 aliphatic heterocycles. The highest BCUT2D eigenvalue weighted by molar-refractivity contribution is 7.18. The third-order valence-corrected chi connectivity index (χ3v) is 7.26. The monoisotopic (exact) mass is 591 g/mol. The van der Waals surface area contributed by atoms with Crippen molar-refractivity contribution in [2.24, 2.45) is 7.05 Å². The second kappa shape index (κ2) is 12.9. The van der Waals surface area contributed by atoms with Crippen LogP contribution in [-0.4, -0.2) is 78.7 Å². The molecule has 17 heteroatoms. The summed E-state index contributed by atoms with van der Waals surface area (Å²) in [6.45, 7) is 0.296. The normalized spacial score (nSPS) is 12.4. The van der Waals surface area contributed by atoms with Crippen molar-refractivity contribution in [3.63, 3.8) is 0 Å². The summed E-state index contributed by atoms with van der Waals surface area (Å²) in [4.78, 5) is 79.7. The zero-order valence-electron chi connectivity index (χ0n) is 22.0. The van der Waals surface area contributed by atoms with E-state index in [0.717, 1.165) is 11.3 Å². The van der Waals surface area contributed by atoms with Gasteiger partial charge < -0.3 is 41.2 Å². The molecule has 0 aromatic carbocycles. The number of thiophene rings is 1. The summed E-state index contributed by atoms with van der Waals surface area (Å²) in [7, 11) is 3.49. The molecule has 2 atom stereocenters. The van der Waals surface area contributed by atoms with Crippen molar-refractivity contribution in [1.82, 2.24) is 25.2 Å². The van der Waals surface area contributed by atoms with Crippen molar-refractivity contribution in [2.75, 3.05) is 17.7 Å². The second-order valence-electron chi connectivity index (χ2n) is 9.20. The van der Waals surface area contributed by atoms with Crippen LogP contribution in [0.5, 0.6) is 0 Å². The first-order valence-electron chi connectivity index (χ1n) is 12.2. The molecule has 2 amide bonds. The van der Waals surface area contributed by atoms with Crippen LogP contribution in [0.25, 0.3) is 11.0 Å². The minimum atomic E-state index is -1.44. The molecule has 3 heterocycles. The number of carbonyl (C=O) groups excluding carboxylic acids is 2. The Kier molecular flexibility index (Phi) is 9.67. The summed E-state index contributed by atoms with van der Waals surface area (Å²) >= 11 is 1.08. The molecule has 0 aliphatic rings. The number of aromatic amines is 1. The van der Waals surface area contributed by atoms with Crippen LogP contribution in [0, 0.1) is 0 Å². The number of rotatable bonds is 14. The van der Waals surface area contributed by atoms with E-state index < -0.39 is 54.6 Å². The molecule has 0 saturated carbocycles. The molecule has 41 heavy (non-hydrogen) atoms. The number of amides is 2. The fourth-order valence-electron chi connectivity index (χ4n) is 4.04. The van der Waals surface area contributed by atoms with Gasteiger partial charge in [-0.2, -0.15) is 4.98 Å². The van der Waals surface area contributed by atoms with Gasteiger partial charge >= 0.3 is 17.9 Å². The van der Waals surface area contributed by atoms with Gasteiger partial charge in [0.1, 0.15) is 17.7 Å². The van der Waals surface area contributed by atoms with Crippen LogP contribution in [0.1, 0.15) is 40.9 Å². The van der Waals surface area contributed by atoms with Crippen molar-refractivity contribution in [3.05, 3.63) is 39.1 Å². The summed E-state index contributed by atoms with van der Waals surface area (Å²) in [5, 5.41) is 33.0. The Labute approximate surface area is 235 Å².